The van der Waals surface area contributed by atoms with Crippen LogP contribution >= 0.6 is 23.2 Å². The minimum Gasteiger partial charge on any atom is -0.301 e. The van der Waals surface area contributed by atoms with Gasteiger partial charge in [0.25, 0.3) is 0 Å². The SMILES string of the molecule is CCC1CN(C(C)C(=O)c2ccc(Cl)cc2Cl)CCN1C. The third-order valence-electron chi connectivity index (χ3n) is 4.40. The molecular weight excluding hydrogens is 307 g/mol. The third kappa shape index (κ3) is 3.78. The van der Waals surface area contributed by atoms with Crippen molar-refractivity contribution in [3.63, 3.8) is 0 Å². The quantitative estimate of drug-likeness (QED) is 0.789. The number of ketones is 1. The van der Waals surface area contributed by atoms with Gasteiger partial charge in [0.05, 0.1) is 11.1 Å². The first kappa shape index (κ1) is 16.8. The number of halogens is 2. The summed E-state index contributed by atoms with van der Waals surface area (Å²) in [7, 11) is 2.15. The van der Waals surface area contributed by atoms with Crippen molar-refractivity contribution in [1.29, 1.82) is 0 Å². The first-order valence-corrected chi connectivity index (χ1v) is 8.13. The zero-order valence-electron chi connectivity index (χ0n) is 12.8. The Morgan fingerprint density at radius 1 is 1.38 bits per heavy atom. The molecule has 0 aromatic heterocycles. The van der Waals surface area contributed by atoms with Crippen molar-refractivity contribution in [1.82, 2.24) is 9.80 Å². The fourth-order valence-electron chi connectivity index (χ4n) is 2.84. The monoisotopic (exact) mass is 328 g/mol. The van der Waals surface area contributed by atoms with Crippen LogP contribution in [0.5, 0.6) is 0 Å². The van der Waals surface area contributed by atoms with Crippen LogP contribution in [0.25, 0.3) is 0 Å². The Labute approximate surface area is 136 Å². The van der Waals surface area contributed by atoms with Gasteiger partial charge in [-0.1, -0.05) is 30.1 Å². The molecule has 0 aliphatic carbocycles. The maximum atomic E-state index is 12.7. The lowest BCUT2D eigenvalue weighted by Gasteiger charge is -2.41. The van der Waals surface area contributed by atoms with Crippen LogP contribution in [0.1, 0.15) is 30.6 Å². The molecule has 0 N–H and O–H groups in total. The van der Waals surface area contributed by atoms with Gasteiger partial charge in [0.2, 0.25) is 0 Å². The Bertz CT molecular complexity index is 521. The topological polar surface area (TPSA) is 23.6 Å². The van der Waals surface area contributed by atoms with E-state index in [0.717, 1.165) is 26.1 Å². The molecule has 3 nitrogen and oxygen atoms in total. The van der Waals surface area contributed by atoms with Crippen molar-refractivity contribution in [2.24, 2.45) is 0 Å². The van der Waals surface area contributed by atoms with Crippen LogP contribution in [0, 0.1) is 0 Å². The van der Waals surface area contributed by atoms with E-state index in [1.54, 1.807) is 18.2 Å². The second-order valence-electron chi connectivity index (χ2n) is 5.70. The minimum atomic E-state index is -0.161. The highest BCUT2D eigenvalue weighted by Crippen LogP contribution is 2.24. The lowest BCUT2D eigenvalue weighted by molar-refractivity contribution is 0.0553. The maximum Gasteiger partial charge on any atom is 0.181 e. The molecule has 0 amide bonds. The smallest absolute Gasteiger partial charge is 0.181 e. The van der Waals surface area contributed by atoms with Gasteiger partial charge >= 0.3 is 0 Å². The average molecular weight is 329 g/mol. The number of nitrogens with zero attached hydrogens (tertiary/aromatic N) is 2. The summed E-state index contributed by atoms with van der Waals surface area (Å²) in [5, 5.41) is 0.982. The minimum absolute atomic E-state index is 0.0658. The summed E-state index contributed by atoms with van der Waals surface area (Å²) in [4.78, 5) is 17.3. The second kappa shape index (κ2) is 7.10. The van der Waals surface area contributed by atoms with E-state index in [9.17, 15) is 4.79 Å². The zero-order valence-corrected chi connectivity index (χ0v) is 14.3. The van der Waals surface area contributed by atoms with Gasteiger partial charge in [-0.05, 0) is 38.6 Å². The Balaban J connectivity index is 2.12. The highest BCUT2D eigenvalue weighted by atomic mass is 35.5. The molecule has 0 radical (unpaired) electrons. The van der Waals surface area contributed by atoms with Crippen molar-refractivity contribution in [3.05, 3.63) is 33.8 Å². The van der Waals surface area contributed by atoms with E-state index < -0.39 is 0 Å². The predicted octanol–water partition coefficient (Wildman–Crippen LogP) is 3.59. The van der Waals surface area contributed by atoms with E-state index in [0.29, 0.717) is 21.7 Å². The summed E-state index contributed by atoms with van der Waals surface area (Å²) >= 11 is 12.0. The Hall–Kier alpha value is -0.610. The van der Waals surface area contributed by atoms with Gasteiger partial charge in [0, 0.05) is 36.3 Å². The van der Waals surface area contributed by atoms with Crippen LogP contribution in [0.4, 0.5) is 0 Å². The molecule has 0 bridgehead atoms. The molecule has 1 aromatic carbocycles. The molecule has 1 fully saturated rings. The van der Waals surface area contributed by atoms with Gasteiger partial charge in [-0.3, -0.25) is 9.69 Å². The summed E-state index contributed by atoms with van der Waals surface area (Å²) in [6.07, 6.45) is 1.09. The number of hydrogen-bond donors (Lipinski definition) is 0. The molecule has 5 heteroatoms. The molecule has 1 heterocycles. The summed E-state index contributed by atoms with van der Waals surface area (Å²) in [5.41, 5.74) is 0.556. The number of benzene rings is 1. The van der Waals surface area contributed by atoms with Crippen molar-refractivity contribution in [2.75, 3.05) is 26.7 Å². The van der Waals surface area contributed by atoms with Crippen LogP contribution in [-0.2, 0) is 0 Å². The Morgan fingerprint density at radius 3 is 2.71 bits per heavy atom. The molecule has 1 aliphatic heterocycles. The summed E-state index contributed by atoms with van der Waals surface area (Å²) in [6.45, 7) is 6.97. The molecule has 2 unspecified atom stereocenters. The molecule has 0 saturated carbocycles. The highest BCUT2D eigenvalue weighted by molar-refractivity contribution is 6.37. The number of piperazine rings is 1. The van der Waals surface area contributed by atoms with Gasteiger partial charge in [-0.25, -0.2) is 0 Å². The predicted molar refractivity (Wildman–Crippen MR) is 88.5 cm³/mol. The van der Waals surface area contributed by atoms with Crippen molar-refractivity contribution in [3.8, 4) is 0 Å². The molecule has 2 rings (SSSR count). The number of carbonyl (C=O) groups is 1. The van der Waals surface area contributed by atoms with Crippen molar-refractivity contribution >= 4 is 29.0 Å². The van der Waals surface area contributed by atoms with Crippen molar-refractivity contribution in [2.45, 2.75) is 32.4 Å². The van der Waals surface area contributed by atoms with E-state index in [1.165, 1.54) is 0 Å². The molecule has 2 atom stereocenters. The normalized spacial score (nSPS) is 22.2. The number of carbonyl (C=O) groups excluding carboxylic acids is 1. The number of rotatable bonds is 4. The molecular formula is C16H22Cl2N2O. The fraction of sp³-hybridized carbons (Fsp3) is 0.562. The maximum absolute atomic E-state index is 12.7. The summed E-state index contributed by atoms with van der Waals surface area (Å²) in [6, 6.07) is 5.41. The molecule has 1 saturated heterocycles. The van der Waals surface area contributed by atoms with Gasteiger partial charge in [0.15, 0.2) is 5.78 Å². The number of hydrogen-bond acceptors (Lipinski definition) is 3. The van der Waals surface area contributed by atoms with E-state index in [4.69, 9.17) is 23.2 Å². The summed E-state index contributed by atoms with van der Waals surface area (Å²) < 4.78 is 0. The van der Waals surface area contributed by atoms with Crippen LogP contribution in [0.2, 0.25) is 10.0 Å². The molecule has 1 aromatic rings. The zero-order chi connectivity index (χ0) is 15.6. The van der Waals surface area contributed by atoms with Gasteiger partial charge in [0.1, 0.15) is 0 Å². The Morgan fingerprint density at radius 2 is 2.10 bits per heavy atom. The van der Waals surface area contributed by atoms with Crippen LogP contribution in [0.15, 0.2) is 18.2 Å². The lowest BCUT2D eigenvalue weighted by Crippen LogP contribution is -2.55. The third-order valence-corrected chi connectivity index (χ3v) is 4.95. The van der Waals surface area contributed by atoms with Crippen LogP contribution in [-0.4, -0.2) is 54.3 Å². The van der Waals surface area contributed by atoms with E-state index in [1.807, 2.05) is 6.92 Å². The average Bonchev–Trinajstić information content (AvgIpc) is 2.46. The van der Waals surface area contributed by atoms with Gasteiger partial charge < -0.3 is 4.90 Å². The van der Waals surface area contributed by atoms with E-state index >= 15 is 0 Å². The summed E-state index contributed by atoms with van der Waals surface area (Å²) in [5.74, 6) is 0.0658. The molecule has 0 spiro atoms. The largest absolute Gasteiger partial charge is 0.301 e. The van der Waals surface area contributed by atoms with E-state index in [-0.39, 0.29) is 11.8 Å². The van der Waals surface area contributed by atoms with Crippen molar-refractivity contribution < 1.29 is 4.79 Å². The van der Waals surface area contributed by atoms with E-state index in [2.05, 4.69) is 23.8 Å². The van der Waals surface area contributed by atoms with Crippen LogP contribution < -0.4 is 0 Å². The fourth-order valence-corrected chi connectivity index (χ4v) is 3.34. The first-order valence-electron chi connectivity index (χ1n) is 7.37. The number of likely N-dealkylation sites (N-methyl/N-ethyl adjacent to an activating group) is 1. The van der Waals surface area contributed by atoms with Gasteiger partial charge in [-0.15, -0.1) is 0 Å². The molecule has 1 aliphatic rings. The highest BCUT2D eigenvalue weighted by Gasteiger charge is 2.30. The van der Waals surface area contributed by atoms with Crippen LogP contribution in [0.3, 0.4) is 0 Å². The molecule has 21 heavy (non-hydrogen) atoms. The number of Topliss-reactive ketones (excluding diaryl/α,β-unsaturated/α-hetero) is 1. The van der Waals surface area contributed by atoms with Gasteiger partial charge in [-0.2, -0.15) is 0 Å². The lowest BCUT2D eigenvalue weighted by atomic mass is 10.0. The molecule has 116 valence electrons. The first-order chi connectivity index (χ1) is 9.93. The Kier molecular flexibility index (Phi) is 5.67. The standard InChI is InChI=1S/C16H22Cl2N2O/c1-4-13-10-20(8-7-19(13)3)11(2)16(21)14-6-5-12(17)9-15(14)18/h5-6,9,11,13H,4,7-8,10H2,1-3H3. The second-order valence-corrected chi connectivity index (χ2v) is 6.55.